The second-order valence-electron chi connectivity index (χ2n) is 10.1. The summed E-state index contributed by atoms with van der Waals surface area (Å²) in [5.74, 6) is -3.41. The van der Waals surface area contributed by atoms with Crippen molar-refractivity contribution < 1.29 is 33.4 Å². The fraction of sp³-hybridized carbons (Fsp3) is 0.367. The Labute approximate surface area is 227 Å². The minimum Gasteiger partial charge on any atom is -0.462 e. The Hall–Kier alpha value is -4.27. The normalized spacial score (nSPS) is 19.0. The number of allylic oxidation sites excluding steroid dienone is 2. The summed E-state index contributed by atoms with van der Waals surface area (Å²) in [6.45, 7) is 3.58. The number of hydrogen-bond donors (Lipinski definition) is 1. The van der Waals surface area contributed by atoms with E-state index in [0.717, 1.165) is 10.5 Å². The number of carbonyl (C=O) groups is 5. The average Bonchev–Trinajstić information content (AvgIpc) is 3.19. The summed E-state index contributed by atoms with van der Waals surface area (Å²) >= 11 is 0. The van der Waals surface area contributed by atoms with Crippen LogP contribution < -0.4 is 5.32 Å². The molecule has 2 aliphatic rings. The van der Waals surface area contributed by atoms with Gasteiger partial charge in [-0.1, -0.05) is 56.3 Å². The minimum absolute atomic E-state index is 0.0833. The maximum Gasteiger partial charge on any atom is 0.338 e. The average molecular weight is 533 g/mol. The fourth-order valence-corrected chi connectivity index (χ4v) is 4.70. The molecule has 204 valence electrons. The first-order valence-electron chi connectivity index (χ1n) is 13.0. The van der Waals surface area contributed by atoms with Crippen LogP contribution in [0.2, 0.25) is 0 Å². The van der Waals surface area contributed by atoms with E-state index in [1.54, 1.807) is 36.4 Å². The number of likely N-dealkylation sites (tertiary alicyclic amines) is 1. The number of esters is 2. The number of carbonyl (C=O) groups excluding carboxylic acids is 5. The number of fused-ring (bicyclic) bond motifs is 1. The molecule has 1 fully saturated rings. The van der Waals surface area contributed by atoms with Gasteiger partial charge in [0, 0.05) is 12.1 Å². The topological polar surface area (TPSA) is 119 Å². The maximum absolute atomic E-state index is 13.2. The zero-order valence-electron chi connectivity index (χ0n) is 22.0. The van der Waals surface area contributed by atoms with Crippen molar-refractivity contribution in [3.8, 4) is 0 Å². The van der Waals surface area contributed by atoms with Gasteiger partial charge in [0.1, 0.15) is 6.04 Å². The monoisotopic (exact) mass is 532 g/mol. The third-order valence-corrected chi connectivity index (χ3v) is 6.69. The Morgan fingerprint density at radius 2 is 1.51 bits per heavy atom. The number of imide groups is 1. The second-order valence-corrected chi connectivity index (χ2v) is 10.1. The van der Waals surface area contributed by atoms with E-state index in [2.05, 4.69) is 5.32 Å². The van der Waals surface area contributed by atoms with Gasteiger partial charge in [-0.15, -0.1) is 0 Å². The molecule has 0 spiro atoms. The van der Waals surface area contributed by atoms with Gasteiger partial charge in [-0.25, -0.2) is 9.59 Å². The number of ether oxygens (including phenoxy) is 2. The van der Waals surface area contributed by atoms with Gasteiger partial charge in [-0.3, -0.25) is 19.3 Å². The van der Waals surface area contributed by atoms with Crippen molar-refractivity contribution >= 4 is 35.3 Å². The Bertz CT molecular complexity index is 1230. The fourth-order valence-electron chi connectivity index (χ4n) is 4.70. The van der Waals surface area contributed by atoms with Gasteiger partial charge < -0.3 is 14.8 Å². The van der Waals surface area contributed by atoms with Gasteiger partial charge in [0.2, 0.25) is 11.8 Å². The van der Waals surface area contributed by atoms with Crippen LogP contribution in [0.15, 0.2) is 66.7 Å². The second kappa shape index (κ2) is 12.5. The smallest absolute Gasteiger partial charge is 0.338 e. The molecular weight excluding hydrogens is 500 g/mol. The van der Waals surface area contributed by atoms with Crippen molar-refractivity contribution in [3.05, 3.63) is 77.9 Å². The van der Waals surface area contributed by atoms with Crippen molar-refractivity contribution in [3.63, 3.8) is 0 Å². The molecule has 0 radical (unpaired) electrons. The van der Waals surface area contributed by atoms with Crippen molar-refractivity contribution in [2.45, 2.75) is 39.2 Å². The molecule has 0 bridgehead atoms. The predicted molar refractivity (Wildman–Crippen MR) is 142 cm³/mol. The van der Waals surface area contributed by atoms with Gasteiger partial charge >= 0.3 is 11.9 Å². The van der Waals surface area contributed by atoms with E-state index in [-0.39, 0.29) is 24.2 Å². The molecule has 9 nitrogen and oxygen atoms in total. The molecule has 0 unspecified atom stereocenters. The summed E-state index contributed by atoms with van der Waals surface area (Å²) in [6.07, 6.45) is 4.75. The summed E-state index contributed by atoms with van der Waals surface area (Å²) < 4.78 is 10.5. The molecule has 2 aromatic carbocycles. The molecular formula is C30H32N2O7. The summed E-state index contributed by atoms with van der Waals surface area (Å²) in [4.78, 5) is 65.2. The molecule has 3 amide bonds. The largest absolute Gasteiger partial charge is 0.462 e. The van der Waals surface area contributed by atoms with Gasteiger partial charge in [0.15, 0.2) is 6.61 Å². The SMILES string of the molecule is CC(C)COC(=O)c1ccc(NC(=O)COC(=O)[C@H](Cc2ccccc2)N2C(=O)[C@H]3CC=CC[C@H]3C2=O)cc1. The number of amides is 3. The Morgan fingerprint density at radius 3 is 2.10 bits per heavy atom. The van der Waals surface area contributed by atoms with Crippen molar-refractivity contribution in [2.24, 2.45) is 17.8 Å². The number of hydrogen-bond acceptors (Lipinski definition) is 7. The Kier molecular flexibility index (Phi) is 8.91. The quantitative estimate of drug-likeness (QED) is 0.282. The number of anilines is 1. The summed E-state index contributed by atoms with van der Waals surface area (Å²) in [5, 5.41) is 2.61. The number of nitrogens with one attached hydrogen (secondary N) is 1. The van der Waals surface area contributed by atoms with Crippen molar-refractivity contribution in [1.82, 2.24) is 4.90 Å². The van der Waals surface area contributed by atoms with E-state index in [9.17, 15) is 24.0 Å². The molecule has 1 N–H and O–H groups in total. The van der Waals surface area contributed by atoms with E-state index < -0.39 is 42.3 Å². The van der Waals surface area contributed by atoms with Crippen LogP contribution in [0.4, 0.5) is 5.69 Å². The van der Waals surface area contributed by atoms with Crippen LogP contribution in [-0.2, 0) is 35.1 Å². The Balaban J connectivity index is 1.39. The molecule has 0 aromatic heterocycles. The van der Waals surface area contributed by atoms with E-state index in [1.165, 1.54) is 12.1 Å². The maximum atomic E-state index is 13.2. The molecule has 1 aliphatic carbocycles. The van der Waals surface area contributed by atoms with Crippen LogP contribution in [0.25, 0.3) is 0 Å². The molecule has 39 heavy (non-hydrogen) atoms. The van der Waals surface area contributed by atoms with Crippen LogP contribution in [0, 0.1) is 17.8 Å². The molecule has 4 rings (SSSR count). The molecule has 1 heterocycles. The highest BCUT2D eigenvalue weighted by Crippen LogP contribution is 2.36. The lowest BCUT2D eigenvalue weighted by atomic mass is 9.85. The molecule has 1 saturated heterocycles. The number of nitrogens with zero attached hydrogens (tertiary/aromatic N) is 1. The van der Waals surface area contributed by atoms with Crippen molar-refractivity contribution in [1.29, 1.82) is 0 Å². The zero-order valence-corrected chi connectivity index (χ0v) is 22.0. The van der Waals surface area contributed by atoms with Gasteiger partial charge in [0.05, 0.1) is 24.0 Å². The molecule has 3 atom stereocenters. The van der Waals surface area contributed by atoms with E-state index >= 15 is 0 Å². The van der Waals surface area contributed by atoms with Crippen LogP contribution >= 0.6 is 0 Å². The highest BCUT2D eigenvalue weighted by atomic mass is 16.5. The van der Waals surface area contributed by atoms with Gasteiger partial charge in [-0.2, -0.15) is 0 Å². The first kappa shape index (κ1) is 27.8. The summed E-state index contributed by atoms with van der Waals surface area (Å²) in [5.41, 5.74) is 1.50. The van der Waals surface area contributed by atoms with Crippen LogP contribution in [0.5, 0.6) is 0 Å². The number of rotatable bonds is 10. The first-order chi connectivity index (χ1) is 18.7. The van der Waals surface area contributed by atoms with Crippen LogP contribution in [0.1, 0.15) is 42.6 Å². The van der Waals surface area contributed by atoms with E-state index in [4.69, 9.17) is 9.47 Å². The lowest BCUT2D eigenvalue weighted by Crippen LogP contribution is -2.48. The van der Waals surface area contributed by atoms with Gasteiger partial charge in [0.25, 0.3) is 5.91 Å². The van der Waals surface area contributed by atoms with Crippen LogP contribution in [0.3, 0.4) is 0 Å². The highest BCUT2D eigenvalue weighted by molar-refractivity contribution is 6.08. The molecule has 2 aromatic rings. The van der Waals surface area contributed by atoms with Crippen LogP contribution in [-0.4, -0.2) is 53.8 Å². The van der Waals surface area contributed by atoms with Crippen molar-refractivity contribution in [2.75, 3.05) is 18.5 Å². The minimum atomic E-state index is -1.18. The first-order valence-corrected chi connectivity index (χ1v) is 13.0. The highest BCUT2D eigenvalue weighted by Gasteiger charge is 2.51. The standard InChI is InChI=1S/C30H32N2O7/c1-19(2)17-38-29(36)21-12-14-22(15-13-21)31-26(33)18-39-30(37)25(16-20-8-4-3-5-9-20)32-27(34)23-10-6-7-11-24(23)28(32)35/h3-9,12-15,19,23-25H,10-11,16-18H2,1-2H3,(H,31,33)/t23-,24+,25-/m0/s1. The summed E-state index contributed by atoms with van der Waals surface area (Å²) in [7, 11) is 0. The lowest BCUT2D eigenvalue weighted by molar-refractivity contribution is -0.159. The zero-order chi connectivity index (χ0) is 27.9. The molecule has 9 heteroatoms. The Morgan fingerprint density at radius 1 is 0.897 bits per heavy atom. The van der Waals surface area contributed by atoms with Gasteiger partial charge in [-0.05, 0) is 48.6 Å². The third-order valence-electron chi connectivity index (χ3n) is 6.69. The summed E-state index contributed by atoms with van der Waals surface area (Å²) in [6, 6.07) is 14.0. The van der Waals surface area contributed by atoms with E-state index in [1.807, 2.05) is 32.1 Å². The number of benzene rings is 2. The van der Waals surface area contributed by atoms with E-state index in [0.29, 0.717) is 30.7 Å². The third kappa shape index (κ3) is 6.79. The lowest BCUT2D eigenvalue weighted by Gasteiger charge is -2.25. The molecule has 0 saturated carbocycles. The predicted octanol–water partition coefficient (Wildman–Crippen LogP) is 3.54. The molecule has 1 aliphatic heterocycles.